The normalized spacial score (nSPS) is 19.1. The summed E-state index contributed by atoms with van der Waals surface area (Å²) < 4.78 is 5.03. The van der Waals surface area contributed by atoms with Gasteiger partial charge in [-0.3, -0.25) is 15.5 Å². The molecule has 1 fully saturated rings. The number of ether oxygens (including phenoxy) is 1. The number of hydrogen-bond acceptors (Lipinski definition) is 4. The maximum Gasteiger partial charge on any atom is 0.340 e. The zero-order chi connectivity index (χ0) is 12.4. The van der Waals surface area contributed by atoms with Crippen molar-refractivity contribution in [2.45, 2.75) is 6.23 Å². The molecule has 0 saturated carbocycles. The Kier molecular flexibility index (Phi) is 2.78. The van der Waals surface area contributed by atoms with Crippen molar-refractivity contribution in [1.29, 1.82) is 5.41 Å². The quantitative estimate of drug-likeness (QED) is 0.713. The van der Waals surface area contributed by atoms with Crippen LogP contribution in [0.5, 0.6) is 0 Å². The van der Waals surface area contributed by atoms with E-state index in [-0.39, 0.29) is 5.96 Å². The fourth-order valence-corrected chi connectivity index (χ4v) is 1.44. The van der Waals surface area contributed by atoms with Crippen molar-refractivity contribution in [2.24, 2.45) is 0 Å². The van der Waals surface area contributed by atoms with Gasteiger partial charge >= 0.3 is 5.97 Å². The zero-order valence-electron chi connectivity index (χ0n) is 9.14. The van der Waals surface area contributed by atoms with Gasteiger partial charge in [0.15, 0.2) is 0 Å². The van der Waals surface area contributed by atoms with E-state index in [1.165, 1.54) is 11.9 Å². The average Bonchev–Trinajstić information content (AvgIpc) is 2.57. The van der Waals surface area contributed by atoms with E-state index in [0.717, 1.165) is 0 Å². The molecule has 1 heterocycles. The lowest BCUT2D eigenvalue weighted by Crippen LogP contribution is -2.36. The Morgan fingerprint density at radius 1 is 1.41 bits per heavy atom. The van der Waals surface area contributed by atoms with Gasteiger partial charge in [-0.15, -0.1) is 0 Å². The first-order chi connectivity index (χ1) is 8.09. The number of nitrogens with zero attached hydrogens (tertiary/aromatic N) is 1. The molecule has 1 saturated heterocycles. The first-order valence-corrected chi connectivity index (χ1v) is 4.98. The summed E-state index contributed by atoms with van der Waals surface area (Å²) in [6.45, 7) is 0. The number of guanidine groups is 1. The minimum Gasteiger partial charge on any atom is -0.428 e. The highest BCUT2D eigenvalue weighted by Crippen LogP contribution is 2.10. The van der Waals surface area contributed by atoms with Gasteiger partial charge in [0.05, 0.1) is 5.56 Å². The molecule has 1 aromatic carbocycles. The van der Waals surface area contributed by atoms with E-state index >= 15 is 0 Å². The molecule has 0 aromatic heterocycles. The number of esters is 1. The SMILES string of the molecule is CN1C(=N)NC(=O)C1OC(=O)c1ccccc1. The second-order valence-corrected chi connectivity index (χ2v) is 3.57. The van der Waals surface area contributed by atoms with Crippen LogP contribution in [0.3, 0.4) is 0 Å². The number of hydrogen-bond donors (Lipinski definition) is 2. The Hall–Kier alpha value is -2.37. The lowest BCUT2D eigenvalue weighted by Gasteiger charge is -2.17. The molecule has 17 heavy (non-hydrogen) atoms. The molecular weight excluding hydrogens is 222 g/mol. The van der Waals surface area contributed by atoms with Crippen LogP contribution in [0.2, 0.25) is 0 Å². The molecule has 1 unspecified atom stereocenters. The first-order valence-electron chi connectivity index (χ1n) is 4.98. The lowest BCUT2D eigenvalue weighted by atomic mass is 10.2. The van der Waals surface area contributed by atoms with Crippen LogP contribution in [0.15, 0.2) is 30.3 Å². The second kappa shape index (κ2) is 4.25. The number of carbonyl (C=O) groups excluding carboxylic acids is 2. The summed E-state index contributed by atoms with van der Waals surface area (Å²) in [5.41, 5.74) is 0.368. The number of carbonyl (C=O) groups is 2. The Balaban J connectivity index is 2.10. The first kappa shape index (κ1) is 11.1. The monoisotopic (exact) mass is 233 g/mol. The second-order valence-electron chi connectivity index (χ2n) is 3.57. The number of likely N-dealkylation sites (N-methyl/N-ethyl adjacent to an activating group) is 1. The summed E-state index contributed by atoms with van der Waals surface area (Å²) in [6, 6.07) is 8.38. The molecule has 2 rings (SSSR count). The molecule has 0 spiro atoms. The topological polar surface area (TPSA) is 82.5 Å². The van der Waals surface area contributed by atoms with Crippen LogP contribution in [0.1, 0.15) is 10.4 Å². The molecule has 0 bridgehead atoms. The van der Waals surface area contributed by atoms with E-state index in [4.69, 9.17) is 10.1 Å². The molecular formula is C11H11N3O3. The van der Waals surface area contributed by atoms with Crippen molar-refractivity contribution in [3.63, 3.8) is 0 Å². The van der Waals surface area contributed by atoms with Crippen LogP contribution in [0.4, 0.5) is 0 Å². The van der Waals surface area contributed by atoms with E-state index in [9.17, 15) is 9.59 Å². The third-order valence-electron chi connectivity index (χ3n) is 2.40. The molecule has 2 N–H and O–H groups in total. The maximum atomic E-state index is 11.7. The standard InChI is InChI=1S/C11H11N3O3/c1-14-9(8(15)13-11(14)12)17-10(16)7-5-3-2-4-6-7/h2-6,9H,1H3,(H2,12,13,15). The largest absolute Gasteiger partial charge is 0.428 e. The number of amides is 1. The van der Waals surface area contributed by atoms with Crippen molar-refractivity contribution >= 4 is 17.8 Å². The molecule has 6 heteroatoms. The minimum atomic E-state index is -1.07. The molecule has 6 nitrogen and oxygen atoms in total. The van der Waals surface area contributed by atoms with Crippen LogP contribution < -0.4 is 5.32 Å². The Morgan fingerprint density at radius 2 is 2.06 bits per heavy atom. The summed E-state index contributed by atoms with van der Waals surface area (Å²) in [7, 11) is 1.50. The van der Waals surface area contributed by atoms with Crippen molar-refractivity contribution in [1.82, 2.24) is 10.2 Å². The van der Waals surface area contributed by atoms with Crippen molar-refractivity contribution in [2.75, 3.05) is 7.05 Å². The van der Waals surface area contributed by atoms with E-state index in [1.54, 1.807) is 30.3 Å². The van der Waals surface area contributed by atoms with E-state index in [1.807, 2.05) is 0 Å². The van der Waals surface area contributed by atoms with Gasteiger partial charge in [0.25, 0.3) is 12.1 Å². The fraction of sp³-hybridized carbons (Fsp3) is 0.182. The van der Waals surface area contributed by atoms with Crippen LogP contribution in [-0.4, -0.2) is 36.0 Å². The molecule has 1 atom stereocenters. The highest BCUT2D eigenvalue weighted by Gasteiger charge is 2.36. The van der Waals surface area contributed by atoms with Gasteiger partial charge in [-0.25, -0.2) is 4.79 Å². The predicted molar refractivity (Wildman–Crippen MR) is 59.3 cm³/mol. The van der Waals surface area contributed by atoms with E-state index in [2.05, 4.69) is 5.32 Å². The third-order valence-corrected chi connectivity index (χ3v) is 2.40. The Morgan fingerprint density at radius 3 is 2.59 bits per heavy atom. The van der Waals surface area contributed by atoms with Crippen molar-refractivity contribution < 1.29 is 14.3 Å². The number of nitrogens with one attached hydrogen (secondary N) is 2. The smallest absolute Gasteiger partial charge is 0.340 e. The molecule has 1 amide bonds. The Labute approximate surface area is 97.7 Å². The van der Waals surface area contributed by atoms with Crippen LogP contribution >= 0.6 is 0 Å². The van der Waals surface area contributed by atoms with Crippen LogP contribution in [0.25, 0.3) is 0 Å². The van der Waals surface area contributed by atoms with E-state index in [0.29, 0.717) is 5.56 Å². The molecule has 1 aliphatic heterocycles. The highest BCUT2D eigenvalue weighted by molar-refractivity contribution is 6.05. The van der Waals surface area contributed by atoms with Gasteiger partial charge in [0.1, 0.15) is 0 Å². The van der Waals surface area contributed by atoms with Crippen molar-refractivity contribution in [3.8, 4) is 0 Å². The van der Waals surface area contributed by atoms with Crippen molar-refractivity contribution in [3.05, 3.63) is 35.9 Å². The molecule has 0 aliphatic carbocycles. The summed E-state index contributed by atoms with van der Waals surface area (Å²) in [6.07, 6.45) is -1.07. The zero-order valence-corrected chi connectivity index (χ0v) is 9.14. The number of benzene rings is 1. The maximum absolute atomic E-state index is 11.7. The molecule has 1 aliphatic rings. The minimum absolute atomic E-state index is 0.0825. The van der Waals surface area contributed by atoms with Gasteiger partial charge in [0, 0.05) is 7.05 Å². The molecule has 0 radical (unpaired) electrons. The van der Waals surface area contributed by atoms with E-state index < -0.39 is 18.1 Å². The fourth-order valence-electron chi connectivity index (χ4n) is 1.44. The van der Waals surface area contributed by atoms with Gasteiger partial charge in [-0.1, -0.05) is 18.2 Å². The average molecular weight is 233 g/mol. The number of rotatable bonds is 2. The van der Waals surface area contributed by atoms with Crippen LogP contribution in [-0.2, 0) is 9.53 Å². The molecule has 1 aromatic rings. The van der Waals surface area contributed by atoms with Gasteiger partial charge in [-0.2, -0.15) is 0 Å². The Bertz CT molecular complexity index is 472. The van der Waals surface area contributed by atoms with Gasteiger partial charge in [-0.05, 0) is 12.1 Å². The highest BCUT2D eigenvalue weighted by atomic mass is 16.6. The summed E-state index contributed by atoms with van der Waals surface area (Å²) in [5.74, 6) is -1.19. The lowest BCUT2D eigenvalue weighted by molar-refractivity contribution is -0.130. The van der Waals surface area contributed by atoms with Crippen LogP contribution in [0, 0.1) is 5.41 Å². The summed E-state index contributed by atoms with van der Waals surface area (Å²) in [5, 5.41) is 9.63. The third kappa shape index (κ3) is 2.10. The molecule has 88 valence electrons. The summed E-state index contributed by atoms with van der Waals surface area (Å²) in [4.78, 5) is 24.3. The summed E-state index contributed by atoms with van der Waals surface area (Å²) >= 11 is 0. The van der Waals surface area contributed by atoms with Gasteiger partial charge < -0.3 is 9.64 Å². The van der Waals surface area contributed by atoms with Gasteiger partial charge in [0.2, 0.25) is 5.96 Å². The predicted octanol–water partition coefficient (Wildman–Crippen LogP) is 0.166.